The van der Waals surface area contributed by atoms with Gasteiger partial charge in [0.05, 0.1) is 20.9 Å². The number of carbonyl (C=O) groups excluding carboxylic acids is 3. The number of nitro benzene ring substituents is 1. The van der Waals surface area contributed by atoms with Gasteiger partial charge in [0.25, 0.3) is 17.5 Å². The molecule has 0 aromatic heterocycles. The summed E-state index contributed by atoms with van der Waals surface area (Å²) in [5.74, 6) is -3.34. The van der Waals surface area contributed by atoms with Crippen molar-refractivity contribution in [1.29, 1.82) is 0 Å². The van der Waals surface area contributed by atoms with E-state index in [4.69, 9.17) is 0 Å². The molecule has 37 heavy (non-hydrogen) atoms. The summed E-state index contributed by atoms with van der Waals surface area (Å²) in [4.78, 5) is 62.0. The number of carboxylic acid groups (broad SMARTS) is 1. The maximum absolute atomic E-state index is 12.9. The van der Waals surface area contributed by atoms with Gasteiger partial charge in [-0.3, -0.25) is 29.4 Å². The fraction of sp³-hybridized carbons (Fsp3) is 0.304. The number of non-ortho nitro benzene ring substituents is 1. The standard InChI is InChI=1S/C23H22N4O9S/c28-20(9-8-19(23(31)32)26-21(29)17-6-1-2-7-18(17)22(26)30)24-10-12-25(13-11-24)37(35,36)16-5-3-4-15(14-16)27(33)34/h1-7,14,19H,8-13H2,(H,31,32)/t19-/m0/s1. The molecule has 1 N–H and O–H groups in total. The molecule has 1 saturated heterocycles. The zero-order valence-corrected chi connectivity index (χ0v) is 20.2. The number of nitro groups is 1. The van der Waals surface area contributed by atoms with E-state index in [1.165, 1.54) is 35.2 Å². The molecule has 0 aliphatic carbocycles. The SMILES string of the molecule is O=C(O)[C@H](CCC(=O)N1CCN(S(=O)(=O)c2cccc([N+](=O)[O-])c2)CC1)N1C(=O)c2ccccc2C1=O. The first-order valence-corrected chi connectivity index (χ1v) is 12.7. The lowest BCUT2D eigenvalue weighted by Crippen LogP contribution is -2.51. The van der Waals surface area contributed by atoms with Crippen LogP contribution in [0.3, 0.4) is 0 Å². The predicted molar refractivity (Wildman–Crippen MR) is 126 cm³/mol. The van der Waals surface area contributed by atoms with Crippen molar-refractivity contribution in [1.82, 2.24) is 14.1 Å². The third kappa shape index (κ3) is 4.93. The third-order valence-electron chi connectivity index (χ3n) is 6.31. The van der Waals surface area contributed by atoms with Crippen molar-refractivity contribution >= 4 is 39.4 Å². The minimum absolute atomic E-state index is 0.0255. The van der Waals surface area contributed by atoms with Gasteiger partial charge in [0.2, 0.25) is 15.9 Å². The number of hydrogen-bond donors (Lipinski definition) is 1. The number of carboxylic acids is 1. The van der Waals surface area contributed by atoms with Crippen LogP contribution in [0.5, 0.6) is 0 Å². The van der Waals surface area contributed by atoms with Gasteiger partial charge in [-0.1, -0.05) is 18.2 Å². The Morgan fingerprint density at radius 3 is 2.11 bits per heavy atom. The number of sulfonamides is 1. The van der Waals surface area contributed by atoms with Gasteiger partial charge in [-0.15, -0.1) is 0 Å². The summed E-state index contributed by atoms with van der Waals surface area (Å²) in [7, 11) is -4.02. The summed E-state index contributed by atoms with van der Waals surface area (Å²) in [6.07, 6.45) is -0.576. The molecule has 2 heterocycles. The van der Waals surface area contributed by atoms with Crippen molar-refractivity contribution in [3.05, 3.63) is 69.8 Å². The topological polar surface area (TPSA) is 176 Å². The molecule has 1 fully saturated rings. The number of fused-ring (bicyclic) bond motifs is 1. The van der Waals surface area contributed by atoms with Crippen molar-refractivity contribution in [2.24, 2.45) is 0 Å². The van der Waals surface area contributed by atoms with Crippen LogP contribution in [0, 0.1) is 10.1 Å². The summed E-state index contributed by atoms with van der Waals surface area (Å²) in [6.45, 7) is -0.0649. The fourth-order valence-electron chi connectivity index (χ4n) is 4.36. The molecule has 0 bridgehead atoms. The van der Waals surface area contributed by atoms with E-state index >= 15 is 0 Å². The molecule has 0 spiro atoms. The van der Waals surface area contributed by atoms with Crippen LogP contribution in [0.2, 0.25) is 0 Å². The highest BCUT2D eigenvalue weighted by molar-refractivity contribution is 7.89. The fourth-order valence-corrected chi connectivity index (χ4v) is 5.82. The Balaban J connectivity index is 1.37. The lowest BCUT2D eigenvalue weighted by molar-refractivity contribution is -0.385. The van der Waals surface area contributed by atoms with E-state index in [1.807, 2.05) is 0 Å². The first-order chi connectivity index (χ1) is 17.5. The van der Waals surface area contributed by atoms with Crippen molar-refractivity contribution < 1.29 is 37.6 Å². The Bertz CT molecular complexity index is 1370. The Morgan fingerprint density at radius 1 is 0.973 bits per heavy atom. The van der Waals surface area contributed by atoms with E-state index < -0.39 is 44.7 Å². The summed E-state index contributed by atoms with van der Waals surface area (Å²) in [5, 5.41) is 20.7. The molecule has 4 rings (SSSR count). The largest absolute Gasteiger partial charge is 0.480 e. The highest BCUT2D eigenvalue weighted by Crippen LogP contribution is 2.27. The first-order valence-electron chi connectivity index (χ1n) is 11.2. The summed E-state index contributed by atoms with van der Waals surface area (Å²) >= 11 is 0. The van der Waals surface area contributed by atoms with Gasteiger partial charge in [-0.2, -0.15) is 4.31 Å². The van der Waals surface area contributed by atoms with Crippen LogP contribution in [0.4, 0.5) is 5.69 Å². The quantitative estimate of drug-likeness (QED) is 0.296. The molecule has 2 aromatic carbocycles. The van der Waals surface area contributed by atoms with E-state index in [0.29, 0.717) is 4.90 Å². The van der Waals surface area contributed by atoms with E-state index in [2.05, 4.69) is 0 Å². The number of piperazine rings is 1. The maximum atomic E-state index is 12.9. The molecule has 1 atom stereocenters. The van der Waals surface area contributed by atoms with Gasteiger partial charge < -0.3 is 10.0 Å². The number of rotatable bonds is 8. The van der Waals surface area contributed by atoms with E-state index in [1.54, 1.807) is 12.1 Å². The van der Waals surface area contributed by atoms with Gasteiger partial charge in [-0.25, -0.2) is 13.2 Å². The molecule has 13 nitrogen and oxygen atoms in total. The highest BCUT2D eigenvalue weighted by Gasteiger charge is 2.43. The van der Waals surface area contributed by atoms with E-state index in [0.717, 1.165) is 10.4 Å². The van der Waals surface area contributed by atoms with Crippen LogP contribution >= 0.6 is 0 Å². The second-order valence-corrected chi connectivity index (χ2v) is 10.4. The van der Waals surface area contributed by atoms with E-state index in [-0.39, 0.29) is 60.7 Å². The Kier molecular flexibility index (Phi) is 7.05. The molecule has 2 aliphatic heterocycles. The summed E-state index contributed by atoms with van der Waals surface area (Å²) < 4.78 is 26.9. The lowest BCUT2D eigenvalue weighted by atomic mass is 10.1. The second-order valence-electron chi connectivity index (χ2n) is 8.46. The lowest BCUT2D eigenvalue weighted by Gasteiger charge is -2.34. The van der Waals surface area contributed by atoms with Gasteiger partial charge >= 0.3 is 5.97 Å². The van der Waals surface area contributed by atoms with Gasteiger partial charge in [-0.05, 0) is 24.6 Å². The molecule has 2 aliphatic rings. The first kappa shape index (κ1) is 25.9. The normalized spacial score (nSPS) is 17.0. The zero-order valence-electron chi connectivity index (χ0n) is 19.3. The minimum Gasteiger partial charge on any atom is -0.480 e. The number of benzene rings is 2. The predicted octanol–water partition coefficient (Wildman–Crippen LogP) is 0.957. The molecular formula is C23H22N4O9S. The molecule has 194 valence electrons. The molecule has 0 unspecified atom stereocenters. The van der Waals surface area contributed by atoms with Gasteiger partial charge in [0.15, 0.2) is 0 Å². The van der Waals surface area contributed by atoms with Crippen molar-refractivity contribution in [2.75, 3.05) is 26.2 Å². The van der Waals surface area contributed by atoms with Crippen LogP contribution in [0.1, 0.15) is 33.6 Å². The highest BCUT2D eigenvalue weighted by atomic mass is 32.2. The number of imide groups is 1. The average molecular weight is 531 g/mol. The molecule has 0 saturated carbocycles. The Labute approximate surface area is 211 Å². The van der Waals surface area contributed by atoms with Crippen LogP contribution < -0.4 is 0 Å². The van der Waals surface area contributed by atoms with Crippen LogP contribution in [-0.4, -0.2) is 88.5 Å². The van der Waals surface area contributed by atoms with Crippen LogP contribution in [0.15, 0.2) is 53.4 Å². The minimum atomic E-state index is -4.02. The number of carbonyl (C=O) groups is 4. The third-order valence-corrected chi connectivity index (χ3v) is 8.21. The number of hydrogen-bond acceptors (Lipinski definition) is 8. The Morgan fingerprint density at radius 2 is 1.57 bits per heavy atom. The second kappa shape index (κ2) is 10.1. The monoisotopic (exact) mass is 530 g/mol. The summed E-state index contributed by atoms with van der Waals surface area (Å²) in [5.41, 5.74) is -0.154. The number of nitrogens with zero attached hydrogens (tertiary/aromatic N) is 4. The maximum Gasteiger partial charge on any atom is 0.326 e. The van der Waals surface area contributed by atoms with Crippen molar-refractivity contribution in [3.8, 4) is 0 Å². The molecule has 3 amide bonds. The van der Waals surface area contributed by atoms with E-state index in [9.17, 15) is 42.8 Å². The van der Waals surface area contributed by atoms with Crippen LogP contribution in [0.25, 0.3) is 0 Å². The molecule has 0 radical (unpaired) electrons. The summed E-state index contributed by atoms with van der Waals surface area (Å²) in [6, 6.07) is 9.13. The zero-order chi connectivity index (χ0) is 26.9. The molecule has 14 heteroatoms. The van der Waals surface area contributed by atoms with Crippen molar-refractivity contribution in [2.45, 2.75) is 23.8 Å². The van der Waals surface area contributed by atoms with Gasteiger partial charge in [0, 0.05) is 44.7 Å². The molecular weight excluding hydrogens is 508 g/mol. The van der Waals surface area contributed by atoms with Crippen molar-refractivity contribution in [3.63, 3.8) is 0 Å². The Hall–Kier alpha value is -4.17. The van der Waals surface area contributed by atoms with Gasteiger partial charge in [0.1, 0.15) is 6.04 Å². The number of aliphatic carboxylic acids is 1. The average Bonchev–Trinajstić information content (AvgIpc) is 3.14. The smallest absolute Gasteiger partial charge is 0.326 e. The number of amides is 3. The van der Waals surface area contributed by atoms with Crippen LogP contribution in [-0.2, 0) is 19.6 Å². The molecule has 2 aromatic rings.